The van der Waals surface area contributed by atoms with Gasteiger partial charge in [0.05, 0.1) is 21.9 Å². The summed E-state index contributed by atoms with van der Waals surface area (Å²) in [6.07, 6.45) is 1.93. The largest absolute Gasteiger partial charge is 0.422 e. The second-order valence-electron chi connectivity index (χ2n) is 6.85. The second-order valence-corrected chi connectivity index (χ2v) is 7.74. The van der Waals surface area contributed by atoms with Gasteiger partial charge in [-0.3, -0.25) is 0 Å². The standard InChI is InChI=1S/C19H19NO3S/c1-19(2)10-13(7-8-22-19)17-20-15(11-24-17)14-9-12-5-3-4-6-16(12)23-18(14)21/h3-6,9,11,13H,7-8,10H2,1-2H3. The highest BCUT2D eigenvalue weighted by molar-refractivity contribution is 7.10. The Hall–Kier alpha value is -1.98. The van der Waals surface area contributed by atoms with E-state index >= 15 is 0 Å². The highest BCUT2D eigenvalue weighted by atomic mass is 32.1. The van der Waals surface area contributed by atoms with Crippen LogP contribution in [0.15, 0.2) is 44.9 Å². The fourth-order valence-corrected chi connectivity index (χ4v) is 4.24. The van der Waals surface area contributed by atoms with Crippen LogP contribution < -0.4 is 5.63 Å². The second kappa shape index (κ2) is 5.83. The van der Waals surface area contributed by atoms with Crippen LogP contribution in [-0.4, -0.2) is 17.2 Å². The van der Waals surface area contributed by atoms with Crippen LogP contribution in [0.4, 0.5) is 0 Å². The van der Waals surface area contributed by atoms with Crippen molar-refractivity contribution in [3.05, 3.63) is 51.1 Å². The molecule has 0 amide bonds. The molecule has 2 aromatic heterocycles. The van der Waals surface area contributed by atoms with Crippen molar-refractivity contribution in [3.63, 3.8) is 0 Å². The molecule has 1 fully saturated rings. The minimum atomic E-state index is -0.335. The fraction of sp³-hybridized carbons (Fsp3) is 0.368. The summed E-state index contributed by atoms with van der Waals surface area (Å²) in [6.45, 7) is 4.99. The third-order valence-corrected chi connectivity index (χ3v) is 5.49. The number of rotatable bonds is 2. The lowest BCUT2D eigenvalue weighted by Gasteiger charge is -2.34. The molecule has 1 unspecified atom stereocenters. The van der Waals surface area contributed by atoms with Crippen molar-refractivity contribution >= 4 is 22.3 Å². The Kier molecular flexibility index (Phi) is 3.77. The average molecular weight is 341 g/mol. The van der Waals surface area contributed by atoms with Gasteiger partial charge in [-0.05, 0) is 38.8 Å². The number of nitrogens with zero attached hydrogens (tertiary/aromatic N) is 1. The van der Waals surface area contributed by atoms with Gasteiger partial charge in [0.1, 0.15) is 5.58 Å². The molecule has 0 aliphatic carbocycles. The van der Waals surface area contributed by atoms with Crippen LogP contribution in [0.1, 0.15) is 37.6 Å². The van der Waals surface area contributed by atoms with E-state index in [9.17, 15) is 4.79 Å². The predicted octanol–water partition coefficient (Wildman–Crippen LogP) is 4.59. The molecule has 3 aromatic rings. The smallest absolute Gasteiger partial charge is 0.345 e. The Balaban J connectivity index is 1.70. The topological polar surface area (TPSA) is 52.3 Å². The Morgan fingerprint density at radius 3 is 2.96 bits per heavy atom. The van der Waals surface area contributed by atoms with Crippen molar-refractivity contribution in [2.24, 2.45) is 0 Å². The first-order valence-corrected chi connectivity index (χ1v) is 9.02. The van der Waals surface area contributed by atoms with Crippen molar-refractivity contribution in [2.45, 2.75) is 38.2 Å². The summed E-state index contributed by atoms with van der Waals surface area (Å²) in [4.78, 5) is 17.0. The molecule has 0 spiro atoms. The van der Waals surface area contributed by atoms with E-state index in [1.165, 1.54) is 0 Å². The zero-order valence-corrected chi connectivity index (χ0v) is 14.6. The van der Waals surface area contributed by atoms with E-state index in [-0.39, 0.29) is 11.2 Å². The summed E-state index contributed by atoms with van der Waals surface area (Å²) >= 11 is 1.62. The van der Waals surface area contributed by atoms with E-state index in [0.29, 0.717) is 22.8 Å². The minimum absolute atomic E-state index is 0.114. The average Bonchev–Trinajstić information content (AvgIpc) is 3.03. The molecule has 24 heavy (non-hydrogen) atoms. The number of para-hydroxylation sites is 1. The van der Waals surface area contributed by atoms with Gasteiger partial charge in [-0.1, -0.05) is 18.2 Å². The van der Waals surface area contributed by atoms with Crippen molar-refractivity contribution in [1.29, 1.82) is 0 Å². The van der Waals surface area contributed by atoms with Gasteiger partial charge in [0, 0.05) is 23.3 Å². The van der Waals surface area contributed by atoms with Crippen LogP contribution in [0.5, 0.6) is 0 Å². The van der Waals surface area contributed by atoms with Crippen LogP contribution in [0.3, 0.4) is 0 Å². The van der Waals surface area contributed by atoms with Gasteiger partial charge in [0.15, 0.2) is 0 Å². The van der Waals surface area contributed by atoms with E-state index in [4.69, 9.17) is 14.1 Å². The third kappa shape index (κ3) is 2.89. The molecule has 0 N–H and O–H groups in total. The van der Waals surface area contributed by atoms with Crippen molar-refractivity contribution < 1.29 is 9.15 Å². The molecule has 0 bridgehead atoms. The van der Waals surface area contributed by atoms with Crippen LogP contribution in [0.25, 0.3) is 22.2 Å². The molecule has 1 aromatic carbocycles. The van der Waals surface area contributed by atoms with Crippen LogP contribution in [-0.2, 0) is 4.74 Å². The molecule has 1 atom stereocenters. The van der Waals surface area contributed by atoms with Crippen LogP contribution in [0, 0.1) is 0 Å². The summed E-state index contributed by atoms with van der Waals surface area (Å²) in [5.74, 6) is 0.389. The lowest BCUT2D eigenvalue weighted by Crippen LogP contribution is -2.32. The van der Waals surface area contributed by atoms with Crippen LogP contribution in [0.2, 0.25) is 0 Å². The third-order valence-electron chi connectivity index (χ3n) is 4.49. The normalized spacial score (nSPS) is 20.3. The molecule has 1 aliphatic heterocycles. The fourth-order valence-electron chi connectivity index (χ4n) is 3.28. The zero-order chi connectivity index (χ0) is 16.7. The van der Waals surface area contributed by atoms with Gasteiger partial charge in [-0.15, -0.1) is 11.3 Å². The minimum Gasteiger partial charge on any atom is -0.422 e. The molecule has 0 radical (unpaired) electrons. The first-order valence-electron chi connectivity index (χ1n) is 8.14. The number of thiazole rings is 1. The van der Waals surface area contributed by atoms with E-state index in [1.807, 2.05) is 29.6 Å². The number of aromatic nitrogens is 1. The lowest BCUT2D eigenvalue weighted by molar-refractivity contribution is -0.0593. The Morgan fingerprint density at radius 1 is 1.29 bits per heavy atom. The molecular formula is C19H19NO3S. The Bertz CT molecular complexity index is 941. The van der Waals surface area contributed by atoms with Crippen molar-refractivity contribution in [1.82, 2.24) is 4.98 Å². The molecule has 124 valence electrons. The van der Waals surface area contributed by atoms with Gasteiger partial charge in [0.25, 0.3) is 0 Å². The molecule has 4 nitrogen and oxygen atoms in total. The number of fused-ring (bicyclic) bond motifs is 1. The van der Waals surface area contributed by atoms with E-state index in [1.54, 1.807) is 17.4 Å². The molecular weight excluding hydrogens is 322 g/mol. The van der Waals surface area contributed by atoms with Gasteiger partial charge in [-0.2, -0.15) is 0 Å². The van der Waals surface area contributed by atoms with Gasteiger partial charge < -0.3 is 9.15 Å². The monoisotopic (exact) mass is 341 g/mol. The molecule has 1 saturated heterocycles. The van der Waals surface area contributed by atoms with Gasteiger partial charge >= 0.3 is 5.63 Å². The van der Waals surface area contributed by atoms with E-state index in [0.717, 1.165) is 29.8 Å². The highest BCUT2D eigenvalue weighted by Crippen LogP contribution is 2.37. The highest BCUT2D eigenvalue weighted by Gasteiger charge is 2.31. The summed E-state index contributed by atoms with van der Waals surface area (Å²) in [7, 11) is 0. The summed E-state index contributed by atoms with van der Waals surface area (Å²) in [6, 6.07) is 9.41. The van der Waals surface area contributed by atoms with Gasteiger partial charge in [0.2, 0.25) is 0 Å². The van der Waals surface area contributed by atoms with E-state index < -0.39 is 0 Å². The first kappa shape index (κ1) is 15.5. The Morgan fingerprint density at radius 2 is 2.12 bits per heavy atom. The molecule has 3 heterocycles. The molecule has 0 saturated carbocycles. The quantitative estimate of drug-likeness (QED) is 0.640. The summed E-state index contributed by atoms with van der Waals surface area (Å²) in [5, 5.41) is 3.95. The first-order chi connectivity index (χ1) is 11.5. The molecule has 1 aliphatic rings. The number of benzene rings is 1. The van der Waals surface area contributed by atoms with E-state index in [2.05, 4.69) is 13.8 Å². The van der Waals surface area contributed by atoms with Crippen LogP contribution >= 0.6 is 11.3 Å². The van der Waals surface area contributed by atoms with Gasteiger partial charge in [-0.25, -0.2) is 9.78 Å². The maximum atomic E-state index is 12.3. The maximum absolute atomic E-state index is 12.3. The SMILES string of the molecule is CC1(C)CC(c2nc(-c3cc4ccccc4oc3=O)cs2)CCO1. The predicted molar refractivity (Wildman–Crippen MR) is 95.6 cm³/mol. The Labute approximate surface area is 144 Å². The number of hydrogen-bond acceptors (Lipinski definition) is 5. The number of ether oxygens (including phenoxy) is 1. The summed E-state index contributed by atoms with van der Waals surface area (Å²) < 4.78 is 11.2. The number of hydrogen-bond donors (Lipinski definition) is 0. The zero-order valence-electron chi connectivity index (χ0n) is 13.7. The van der Waals surface area contributed by atoms with Crippen molar-refractivity contribution in [2.75, 3.05) is 6.61 Å². The molecule has 5 heteroatoms. The lowest BCUT2D eigenvalue weighted by atomic mass is 9.89. The summed E-state index contributed by atoms with van der Waals surface area (Å²) in [5.41, 5.74) is 1.39. The van der Waals surface area contributed by atoms with Crippen molar-refractivity contribution in [3.8, 4) is 11.3 Å². The molecule has 4 rings (SSSR count). The maximum Gasteiger partial charge on any atom is 0.345 e.